The van der Waals surface area contributed by atoms with Gasteiger partial charge in [0.05, 0.1) is 11.4 Å². The standard InChI is InChI=1S/C11H26N2O3S/c1-5-12-8-7-9-17(14,15)13-10-11(3,4)16-6-2/h12-13H,5-10H2,1-4H3. The van der Waals surface area contributed by atoms with Gasteiger partial charge in [0.25, 0.3) is 0 Å². The van der Waals surface area contributed by atoms with Crippen molar-refractivity contribution in [2.75, 3.05) is 32.0 Å². The van der Waals surface area contributed by atoms with Crippen LogP contribution in [0, 0.1) is 0 Å². The van der Waals surface area contributed by atoms with E-state index in [4.69, 9.17) is 4.74 Å². The molecule has 0 aliphatic carbocycles. The zero-order chi connectivity index (χ0) is 13.4. The summed E-state index contributed by atoms with van der Waals surface area (Å²) in [6.07, 6.45) is 0.623. The van der Waals surface area contributed by atoms with Gasteiger partial charge in [0, 0.05) is 13.2 Å². The van der Waals surface area contributed by atoms with Crippen LogP contribution in [-0.4, -0.2) is 46.0 Å². The van der Waals surface area contributed by atoms with E-state index < -0.39 is 15.6 Å². The summed E-state index contributed by atoms with van der Waals surface area (Å²) >= 11 is 0. The van der Waals surface area contributed by atoms with Gasteiger partial charge >= 0.3 is 0 Å². The van der Waals surface area contributed by atoms with E-state index in [-0.39, 0.29) is 5.75 Å². The van der Waals surface area contributed by atoms with Gasteiger partial charge in [-0.25, -0.2) is 13.1 Å². The summed E-state index contributed by atoms with van der Waals surface area (Å²) in [7, 11) is -3.18. The molecule has 0 aromatic carbocycles. The van der Waals surface area contributed by atoms with Gasteiger partial charge < -0.3 is 10.1 Å². The lowest BCUT2D eigenvalue weighted by Crippen LogP contribution is -2.41. The van der Waals surface area contributed by atoms with E-state index >= 15 is 0 Å². The molecular weight excluding hydrogens is 240 g/mol. The number of hydrogen-bond acceptors (Lipinski definition) is 4. The molecule has 0 amide bonds. The highest BCUT2D eigenvalue weighted by molar-refractivity contribution is 7.89. The van der Waals surface area contributed by atoms with Gasteiger partial charge in [-0.15, -0.1) is 0 Å². The summed E-state index contributed by atoms with van der Waals surface area (Å²) in [6, 6.07) is 0. The lowest BCUT2D eigenvalue weighted by atomic mass is 10.1. The minimum absolute atomic E-state index is 0.155. The third-order valence-electron chi connectivity index (χ3n) is 2.27. The van der Waals surface area contributed by atoms with Crippen molar-refractivity contribution < 1.29 is 13.2 Å². The minimum atomic E-state index is -3.18. The Hall–Kier alpha value is -0.170. The summed E-state index contributed by atoms with van der Waals surface area (Å²) in [5.74, 6) is 0.155. The minimum Gasteiger partial charge on any atom is -0.375 e. The maximum Gasteiger partial charge on any atom is 0.211 e. The lowest BCUT2D eigenvalue weighted by Gasteiger charge is -2.24. The third-order valence-corrected chi connectivity index (χ3v) is 3.68. The zero-order valence-corrected chi connectivity index (χ0v) is 12.2. The molecule has 0 aromatic heterocycles. The Balaban J connectivity index is 3.93. The Morgan fingerprint density at radius 1 is 1.24 bits per heavy atom. The molecule has 0 atom stereocenters. The third kappa shape index (κ3) is 9.52. The Morgan fingerprint density at radius 2 is 1.88 bits per heavy atom. The number of hydrogen-bond donors (Lipinski definition) is 2. The highest BCUT2D eigenvalue weighted by Gasteiger charge is 2.20. The van der Waals surface area contributed by atoms with Crippen molar-refractivity contribution in [3.8, 4) is 0 Å². The molecule has 0 unspecified atom stereocenters. The fraction of sp³-hybridized carbons (Fsp3) is 1.00. The molecule has 0 saturated heterocycles. The molecule has 0 saturated carbocycles. The van der Waals surface area contributed by atoms with Gasteiger partial charge in [-0.2, -0.15) is 0 Å². The van der Waals surface area contributed by atoms with Gasteiger partial charge in [0.2, 0.25) is 10.0 Å². The summed E-state index contributed by atoms with van der Waals surface area (Å²) in [4.78, 5) is 0. The van der Waals surface area contributed by atoms with Crippen molar-refractivity contribution in [3.63, 3.8) is 0 Å². The van der Waals surface area contributed by atoms with Crippen LogP contribution in [0.3, 0.4) is 0 Å². The molecule has 6 heteroatoms. The van der Waals surface area contributed by atoms with Crippen LogP contribution >= 0.6 is 0 Å². The molecule has 2 N–H and O–H groups in total. The van der Waals surface area contributed by atoms with Crippen LogP contribution in [0.4, 0.5) is 0 Å². The van der Waals surface area contributed by atoms with Gasteiger partial charge in [-0.1, -0.05) is 6.92 Å². The first-order chi connectivity index (χ1) is 7.83. The van der Waals surface area contributed by atoms with E-state index in [9.17, 15) is 8.42 Å². The molecule has 0 aromatic rings. The van der Waals surface area contributed by atoms with Crippen LogP contribution in [0.5, 0.6) is 0 Å². The quantitative estimate of drug-likeness (QED) is 0.572. The Bertz CT molecular complexity index is 289. The SMILES string of the molecule is CCNCCCS(=O)(=O)NCC(C)(C)OCC. The average Bonchev–Trinajstić information content (AvgIpc) is 2.22. The fourth-order valence-electron chi connectivity index (χ4n) is 1.36. The van der Waals surface area contributed by atoms with E-state index in [1.54, 1.807) is 0 Å². The normalized spacial score (nSPS) is 12.9. The summed E-state index contributed by atoms with van der Waals surface area (Å²) < 4.78 is 31.3. The maximum absolute atomic E-state index is 11.7. The van der Waals surface area contributed by atoms with Crippen LogP contribution in [-0.2, 0) is 14.8 Å². The van der Waals surface area contributed by atoms with Crippen LogP contribution in [0.15, 0.2) is 0 Å². The maximum atomic E-state index is 11.7. The van der Waals surface area contributed by atoms with Crippen molar-refractivity contribution in [2.45, 2.75) is 39.7 Å². The summed E-state index contributed by atoms with van der Waals surface area (Å²) in [5.41, 5.74) is -0.455. The van der Waals surface area contributed by atoms with E-state index in [0.717, 1.165) is 13.1 Å². The summed E-state index contributed by atoms with van der Waals surface area (Å²) in [5, 5.41) is 3.10. The van der Waals surface area contributed by atoms with Gasteiger partial charge in [-0.3, -0.25) is 0 Å². The molecule has 17 heavy (non-hydrogen) atoms. The number of sulfonamides is 1. The monoisotopic (exact) mass is 266 g/mol. The Labute approximate surface area is 105 Å². The van der Waals surface area contributed by atoms with Gasteiger partial charge in [0.1, 0.15) is 0 Å². The molecular formula is C11H26N2O3S. The van der Waals surface area contributed by atoms with Crippen molar-refractivity contribution in [2.24, 2.45) is 0 Å². The highest BCUT2D eigenvalue weighted by atomic mass is 32.2. The van der Waals surface area contributed by atoms with Crippen LogP contribution in [0.1, 0.15) is 34.1 Å². The molecule has 0 aliphatic rings. The molecule has 0 spiro atoms. The first-order valence-electron chi connectivity index (χ1n) is 6.15. The predicted octanol–water partition coefficient (Wildman–Crippen LogP) is 0.721. The van der Waals surface area contributed by atoms with E-state index in [1.807, 2.05) is 27.7 Å². The fourth-order valence-corrected chi connectivity index (χ4v) is 2.60. The molecule has 0 fully saturated rings. The number of ether oxygens (including phenoxy) is 1. The second kappa shape index (κ2) is 8.02. The van der Waals surface area contributed by atoms with Crippen molar-refractivity contribution in [1.82, 2.24) is 10.0 Å². The van der Waals surface area contributed by atoms with E-state index in [0.29, 0.717) is 19.6 Å². The molecule has 0 bridgehead atoms. The molecule has 0 rings (SSSR count). The van der Waals surface area contributed by atoms with Gasteiger partial charge in [-0.05, 0) is 40.3 Å². The highest BCUT2D eigenvalue weighted by Crippen LogP contribution is 2.07. The van der Waals surface area contributed by atoms with Crippen molar-refractivity contribution in [1.29, 1.82) is 0 Å². The topological polar surface area (TPSA) is 67.4 Å². The Kier molecular flexibility index (Phi) is 7.94. The average molecular weight is 266 g/mol. The molecule has 0 aliphatic heterocycles. The molecule has 104 valence electrons. The lowest BCUT2D eigenvalue weighted by molar-refractivity contribution is -0.00514. The van der Waals surface area contributed by atoms with Crippen molar-refractivity contribution in [3.05, 3.63) is 0 Å². The van der Waals surface area contributed by atoms with E-state index in [1.165, 1.54) is 0 Å². The first kappa shape index (κ1) is 16.8. The Morgan fingerprint density at radius 3 is 2.41 bits per heavy atom. The van der Waals surface area contributed by atoms with Crippen LogP contribution < -0.4 is 10.0 Å². The predicted molar refractivity (Wildman–Crippen MR) is 70.7 cm³/mol. The summed E-state index contributed by atoms with van der Waals surface area (Å²) in [6.45, 7) is 10.1. The second-order valence-electron chi connectivity index (χ2n) is 4.54. The number of rotatable bonds is 10. The zero-order valence-electron chi connectivity index (χ0n) is 11.4. The second-order valence-corrected chi connectivity index (χ2v) is 6.47. The van der Waals surface area contributed by atoms with Crippen LogP contribution in [0.2, 0.25) is 0 Å². The van der Waals surface area contributed by atoms with Gasteiger partial charge in [0.15, 0.2) is 0 Å². The smallest absolute Gasteiger partial charge is 0.211 e. The largest absolute Gasteiger partial charge is 0.375 e. The number of nitrogens with one attached hydrogen (secondary N) is 2. The molecule has 0 radical (unpaired) electrons. The van der Waals surface area contributed by atoms with Crippen molar-refractivity contribution >= 4 is 10.0 Å². The first-order valence-corrected chi connectivity index (χ1v) is 7.80. The van der Waals surface area contributed by atoms with Crippen LogP contribution in [0.25, 0.3) is 0 Å². The molecule has 0 heterocycles. The molecule has 5 nitrogen and oxygen atoms in total. The van der Waals surface area contributed by atoms with E-state index in [2.05, 4.69) is 10.0 Å².